The highest BCUT2D eigenvalue weighted by Crippen LogP contribution is 2.24. The van der Waals surface area contributed by atoms with Crippen molar-refractivity contribution in [1.82, 2.24) is 9.97 Å². The molecule has 1 aromatic carbocycles. The van der Waals surface area contributed by atoms with Crippen molar-refractivity contribution in [2.24, 2.45) is 5.73 Å². The largest absolute Gasteiger partial charge is 0.341 e. The molecule has 0 radical (unpaired) electrons. The number of anilines is 1. The fraction of sp³-hybridized carbons (Fsp3) is 0.333. The van der Waals surface area contributed by atoms with E-state index in [9.17, 15) is 8.78 Å². The van der Waals surface area contributed by atoms with E-state index in [1.807, 2.05) is 4.90 Å². The van der Waals surface area contributed by atoms with Crippen LogP contribution in [0.4, 0.5) is 14.7 Å². The van der Waals surface area contributed by atoms with Crippen molar-refractivity contribution in [2.75, 3.05) is 18.0 Å². The highest BCUT2D eigenvalue weighted by molar-refractivity contribution is 5.61. The van der Waals surface area contributed by atoms with Crippen LogP contribution in [0.1, 0.15) is 12.8 Å². The van der Waals surface area contributed by atoms with Crippen molar-refractivity contribution in [2.45, 2.75) is 18.9 Å². The van der Waals surface area contributed by atoms with Gasteiger partial charge in [-0.05, 0) is 31.0 Å². The molecule has 2 N–H and O–H groups in total. The van der Waals surface area contributed by atoms with Crippen LogP contribution in [0.25, 0.3) is 11.3 Å². The average Bonchev–Trinajstić information content (AvgIpc) is 2.51. The van der Waals surface area contributed by atoms with Gasteiger partial charge in [-0.1, -0.05) is 6.07 Å². The number of nitrogens with zero attached hydrogens (tertiary/aromatic N) is 3. The minimum atomic E-state index is -0.886. The highest BCUT2D eigenvalue weighted by Gasteiger charge is 2.19. The number of halogens is 2. The van der Waals surface area contributed by atoms with Crippen molar-refractivity contribution >= 4 is 5.95 Å². The maximum atomic E-state index is 13.8. The summed E-state index contributed by atoms with van der Waals surface area (Å²) in [6.07, 6.45) is 3.32. The zero-order valence-corrected chi connectivity index (χ0v) is 11.5. The summed E-state index contributed by atoms with van der Waals surface area (Å²) in [6, 6.07) is 5.86. The monoisotopic (exact) mass is 290 g/mol. The first-order chi connectivity index (χ1) is 10.1. The summed E-state index contributed by atoms with van der Waals surface area (Å²) in [5, 5.41) is 0. The quantitative estimate of drug-likeness (QED) is 0.922. The molecule has 0 bridgehead atoms. The van der Waals surface area contributed by atoms with Crippen molar-refractivity contribution in [3.8, 4) is 11.3 Å². The third-order valence-electron chi connectivity index (χ3n) is 3.69. The molecule has 2 aromatic rings. The Morgan fingerprint density at radius 3 is 2.67 bits per heavy atom. The van der Waals surface area contributed by atoms with Crippen LogP contribution < -0.4 is 10.6 Å². The Morgan fingerprint density at radius 2 is 1.90 bits per heavy atom. The Bertz CT molecular complexity index is 639. The van der Waals surface area contributed by atoms with Gasteiger partial charge in [0.05, 0.1) is 5.69 Å². The van der Waals surface area contributed by atoms with Crippen LogP contribution >= 0.6 is 0 Å². The molecular formula is C15H16F2N4. The first kappa shape index (κ1) is 13.9. The molecule has 1 aromatic heterocycles. The molecule has 110 valence electrons. The Labute approximate surface area is 121 Å². The lowest BCUT2D eigenvalue weighted by Crippen LogP contribution is -2.40. The molecule has 0 atom stereocenters. The second-order valence-corrected chi connectivity index (χ2v) is 5.17. The summed E-state index contributed by atoms with van der Waals surface area (Å²) in [5.74, 6) is -1.23. The van der Waals surface area contributed by atoms with Crippen LogP contribution in [-0.2, 0) is 0 Å². The Hall–Kier alpha value is -2.08. The molecule has 1 fully saturated rings. The predicted molar refractivity (Wildman–Crippen MR) is 76.8 cm³/mol. The van der Waals surface area contributed by atoms with Crippen LogP contribution in [0.2, 0.25) is 0 Å². The van der Waals surface area contributed by atoms with E-state index in [2.05, 4.69) is 9.97 Å². The van der Waals surface area contributed by atoms with Gasteiger partial charge in [0.15, 0.2) is 11.6 Å². The molecule has 1 aliphatic heterocycles. The van der Waals surface area contributed by atoms with Crippen molar-refractivity contribution < 1.29 is 8.78 Å². The molecule has 3 rings (SSSR count). The van der Waals surface area contributed by atoms with Crippen LogP contribution in [0.3, 0.4) is 0 Å². The average molecular weight is 290 g/mol. The lowest BCUT2D eigenvalue weighted by Gasteiger charge is -2.30. The van der Waals surface area contributed by atoms with E-state index in [1.54, 1.807) is 12.3 Å². The molecule has 0 aliphatic carbocycles. The molecule has 1 aliphatic rings. The Morgan fingerprint density at radius 1 is 1.14 bits per heavy atom. The van der Waals surface area contributed by atoms with Gasteiger partial charge in [-0.3, -0.25) is 0 Å². The smallest absolute Gasteiger partial charge is 0.225 e. The Balaban J connectivity index is 1.91. The number of aromatic nitrogens is 2. The number of hydrogen-bond donors (Lipinski definition) is 1. The number of nitrogens with two attached hydrogens (primary N) is 1. The van der Waals surface area contributed by atoms with Crippen molar-refractivity contribution in [1.29, 1.82) is 0 Å². The second-order valence-electron chi connectivity index (χ2n) is 5.17. The van der Waals surface area contributed by atoms with Gasteiger partial charge in [-0.25, -0.2) is 18.7 Å². The zero-order valence-electron chi connectivity index (χ0n) is 11.5. The fourth-order valence-electron chi connectivity index (χ4n) is 2.45. The van der Waals surface area contributed by atoms with E-state index in [4.69, 9.17) is 5.73 Å². The minimum Gasteiger partial charge on any atom is -0.341 e. The third kappa shape index (κ3) is 2.85. The first-order valence-corrected chi connectivity index (χ1v) is 6.93. The third-order valence-corrected chi connectivity index (χ3v) is 3.69. The predicted octanol–water partition coefficient (Wildman–Crippen LogP) is 2.35. The summed E-state index contributed by atoms with van der Waals surface area (Å²) in [5.41, 5.74) is 6.40. The van der Waals surface area contributed by atoms with Crippen LogP contribution in [0.5, 0.6) is 0 Å². The van der Waals surface area contributed by atoms with Gasteiger partial charge >= 0.3 is 0 Å². The maximum absolute atomic E-state index is 13.8. The normalized spacial score (nSPS) is 16.2. The second kappa shape index (κ2) is 5.73. The molecule has 0 unspecified atom stereocenters. The summed E-state index contributed by atoms with van der Waals surface area (Å²) in [6.45, 7) is 1.55. The summed E-state index contributed by atoms with van der Waals surface area (Å²) < 4.78 is 27.2. The van der Waals surface area contributed by atoms with Crippen LogP contribution in [0.15, 0.2) is 30.5 Å². The summed E-state index contributed by atoms with van der Waals surface area (Å²) >= 11 is 0. The van der Waals surface area contributed by atoms with E-state index in [1.165, 1.54) is 12.1 Å². The maximum Gasteiger partial charge on any atom is 0.225 e. The van der Waals surface area contributed by atoms with Gasteiger partial charge < -0.3 is 10.6 Å². The summed E-state index contributed by atoms with van der Waals surface area (Å²) in [7, 11) is 0. The van der Waals surface area contributed by atoms with E-state index in [-0.39, 0.29) is 11.6 Å². The molecule has 0 spiro atoms. The van der Waals surface area contributed by atoms with E-state index >= 15 is 0 Å². The molecular weight excluding hydrogens is 274 g/mol. The summed E-state index contributed by atoms with van der Waals surface area (Å²) in [4.78, 5) is 10.6. The van der Waals surface area contributed by atoms with Crippen LogP contribution in [0, 0.1) is 11.6 Å². The molecule has 21 heavy (non-hydrogen) atoms. The van der Waals surface area contributed by atoms with Gasteiger partial charge in [-0.15, -0.1) is 0 Å². The zero-order chi connectivity index (χ0) is 14.8. The van der Waals surface area contributed by atoms with Crippen molar-refractivity contribution in [3.05, 3.63) is 42.1 Å². The fourth-order valence-corrected chi connectivity index (χ4v) is 2.45. The standard InChI is InChI=1S/C15H16F2N4/c16-12-3-1-2-11(14(12)17)13-4-7-19-15(20-13)21-8-5-10(18)6-9-21/h1-4,7,10H,5-6,8-9,18H2. The van der Waals surface area contributed by atoms with Crippen LogP contribution in [-0.4, -0.2) is 29.1 Å². The van der Waals surface area contributed by atoms with Gasteiger partial charge in [0.1, 0.15) is 0 Å². The molecule has 6 heteroatoms. The number of rotatable bonds is 2. The Kier molecular flexibility index (Phi) is 3.79. The number of piperidine rings is 1. The SMILES string of the molecule is NC1CCN(c2nccc(-c3cccc(F)c3F)n2)CC1. The number of benzene rings is 1. The van der Waals surface area contributed by atoms with Gasteiger partial charge in [0, 0.05) is 30.9 Å². The number of hydrogen-bond acceptors (Lipinski definition) is 4. The lowest BCUT2D eigenvalue weighted by molar-refractivity contribution is 0.495. The minimum absolute atomic E-state index is 0.146. The topological polar surface area (TPSA) is 55.0 Å². The highest BCUT2D eigenvalue weighted by atomic mass is 19.2. The van der Waals surface area contributed by atoms with E-state index in [0.29, 0.717) is 11.6 Å². The van der Waals surface area contributed by atoms with Gasteiger partial charge in [0.2, 0.25) is 5.95 Å². The molecule has 1 saturated heterocycles. The van der Waals surface area contributed by atoms with Gasteiger partial charge in [-0.2, -0.15) is 0 Å². The van der Waals surface area contributed by atoms with E-state index < -0.39 is 11.6 Å². The molecule has 0 amide bonds. The first-order valence-electron chi connectivity index (χ1n) is 6.93. The van der Waals surface area contributed by atoms with E-state index in [0.717, 1.165) is 32.0 Å². The lowest BCUT2D eigenvalue weighted by atomic mass is 10.1. The van der Waals surface area contributed by atoms with Crippen molar-refractivity contribution in [3.63, 3.8) is 0 Å². The molecule has 4 nitrogen and oxygen atoms in total. The molecule has 2 heterocycles. The molecule has 0 saturated carbocycles. The van der Waals surface area contributed by atoms with Gasteiger partial charge in [0.25, 0.3) is 0 Å².